The number of nitriles is 2. The first kappa shape index (κ1) is 24.4. The van der Waals surface area contributed by atoms with Gasteiger partial charge in [0.25, 0.3) is 0 Å². The van der Waals surface area contributed by atoms with Crippen LogP contribution in [0.5, 0.6) is 0 Å². The molecule has 0 aliphatic heterocycles. The molecule has 36 heavy (non-hydrogen) atoms. The first-order valence-corrected chi connectivity index (χ1v) is 12.0. The normalized spacial score (nSPS) is 10.8. The molecule has 1 heterocycles. The fraction of sp³-hybridized carbons (Fsp3) is 0.200. The van der Waals surface area contributed by atoms with Crippen LogP contribution in [0, 0.1) is 36.5 Å². The van der Waals surface area contributed by atoms with E-state index in [4.69, 9.17) is 20.5 Å². The van der Waals surface area contributed by atoms with Gasteiger partial charge in [-0.3, -0.25) is 0 Å². The summed E-state index contributed by atoms with van der Waals surface area (Å²) in [4.78, 5) is 9.75. The van der Waals surface area contributed by atoms with Crippen molar-refractivity contribution in [1.82, 2.24) is 9.97 Å². The zero-order valence-corrected chi connectivity index (χ0v) is 20.8. The van der Waals surface area contributed by atoms with Crippen molar-refractivity contribution in [3.8, 4) is 23.3 Å². The smallest absolute Gasteiger partial charge is 0.229 e. The van der Waals surface area contributed by atoms with E-state index < -0.39 is 0 Å². The number of rotatable bonds is 8. The van der Waals surface area contributed by atoms with Gasteiger partial charge in [-0.05, 0) is 78.9 Å². The highest BCUT2D eigenvalue weighted by Crippen LogP contribution is 2.36. The van der Waals surface area contributed by atoms with E-state index in [9.17, 15) is 0 Å². The van der Waals surface area contributed by atoms with E-state index in [0.717, 1.165) is 69.6 Å². The van der Waals surface area contributed by atoms with Gasteiger partial charge < -0.3 is 10.6 Å². The molecule has 4 aromatic rings. The highest BCUT2D eigenvalue weighted by Gasteiger charge is 2.16. The van der Waals surface area contributed by atoms with Gasteiger partial charge in [-0.2, -0.15) is 15.5 Å². The van der Waals surface area contributed by atoms with Crippen LogP contribution < -0.4 is 10.6 Å². The zero-order valence-electron chi connectivity index (χ0n) is 20.8. The maximum atomic E-state index is 9.10. The number of allylic oxidation sites excluding steroid dienone is 1. The number of para-hydroxylation sites is 1. The predicted molar refractivity (Wildman–Crippen MR) is 147 cm³/mol. The number of hydrogen-bond acceptors (Lipinski definition) is 6. The van der Waals surface area contributed by atoms with Gasteiger partial charge in [-0.25, -0.2) is 4.98 Å². The molecule has 0 saturated carbocycles. The van der Waals surface area contributed by atoms with Crippen LogP contribution in [-0.4, -0.2) is 16.5 Å². The van der Waals surface area contributed by atoms with E-state index >= 15 is 0 Å². The molecule has 3 aromatic carbocycles. The zero-order chi connectivity index (χ0) is 25.5. The van der Waals surface area contributed by atoms with Crippen LogP contribution in [0.4, 0.5) is 17.5 Å². The van der Waals surface area contributed by atoms with Crippen LogP contribution in [0.2, 0.25) is 0 Å². The Balaban J connectivity index is 1.86. The average Bonchev–Trinajstić information content (AvgIpc) is 2.88. The van der Waals surface area contributed by atoms with Gasteiger partial charge in [0.05, 0.1) is 23.2 Å². The van der Waals surface area contributed by atoms with Crippen LogP contribution in [0.25, 0.3) is 28.1 Å². The molecule has 0 unspecified atom stereocenters. The Bertz CT molecular complexity index is 1480. The lowest BCUT2D eigenvalue weighted by molar-refractivity contribution is 0.832. The van der Waals surface area contributed by atoms with Crippen LogP contribution in [0.1, 0.15) is 42.0 Å². The minimum atomic E-state index is 0.488. The molecule has 0 saturated heterocycles. The van der Waals surface area contributed by atoms with Crippen molar-refractivity contribution in [2.24, 2.45) is 0 Å². The Morgan fingerprint density at radius 2 is 1.72 bits per heavy atom. The third-order valence-corrected chi connectivity index (χ3v) is 5.99. The van der Waals surface area contributed by atoms with Gasteiger partial charge in [0, 0.05) is 29.3 Å². The molecule has 0 atom stereocenters. The Kier molecular flexibility index (Phi) is 7.58. The van der Waals surface area contributed by atoms with E-state index in [1.54, 1.807) is 12.1 Å². The number of nitrogens with one attached hydrogen (secondary N) is 2. The summed E-state index contributed by atoms with van der Waals surface area (Å²) in [5.74, 6) is 1.28. The van der Waals surface area contributed by atoms with E-state index in [1.807, 2.05) is 30.3 Å². The van der Waals surface area contributed by atoms with Crippen LogP contribution in [0.15, 0.2) is 60.7 Å². The number of fused-ring (bicyclic) bond motifs is 1. The monoisotopic (exact) mass is 472 g/mol. The average molecular weight is 473 g/mol. The maximum Gasteiger partial charge on any atom is 0.229 e. The standard InChI is InChI=1S/C30H28N6/c1-4-5-16-33-29-26-10-6-9-25(27-20(2)17-23(8-7-15-31)18-21(27)3)28(26)35-30(36-29)34-24-13-11-22(19-32)12-14-24/h6-14,17-18H,4-5,16H2,1-3H3,(H2,33,34,35,36). The second kappa shape index (κ2) is 11.2. The summed E-state index contributed by atoms with van der Waals surface area (Å²) < 4.78 is 0. The number of hydrogen-bond donors (Lipinski definition) is 2. The Hall–Kier alpha value is -4.68. The fourth-order valence-corrected chi connectivity index (χ4v) is 4.34. The molecule has 0 amide bonds. The van der Waals surface area contributed by atoms with Crippen molar-refractivity contribution in [2.45, 2.75) is 33.6 Å². The summed E-state index contributed by atoms with van der Waals surface area (Å²) in [7, 11) is 0. The topological polar surface area (TPSA) is 97.4 Å². The van der Waals surface area contributed by atoms with Crippen molar-refractivity contribution in [2.75, 3.05) is 17.2 Å². The number of nitrogens with zero attached hydrogens (tertiary/aromatic N) is 4. The summed E-state index contributed by atoms with van der Waals surface area (Å²) in [5.41, 5.74) is 7.64. The number of benzene rings is 3. The molecule has 0 spiro atoms. The number of aryl methyl sites for hydroxylation is 2. The highest BCUT2D eigenvalue weighted by molar-refractivity contribution is 6.01. The quantitative estimate of drug-likeness (QED) is 0.207. The number of aromatic nitrogens is 2. The lowest BCUT2D eigenvalue weighted by Crippen LogP contribution is -2.07. The molecule has 4 rings (SSSR count). The number of anilines is 3. The van der Waals surface area contributed by atoms with Gasteiger partial charge in [0.15, 0.2) is 0 Å². The van der Waals surface area contributed by atoms with Crippen molar-refractivity contribution < 1.29 is 0 Å². The van der Waals surface area contributed by atoms with Crippen molar-refractivity contribution in [3.63, 3.8) is 0 Å². The van der Waals surface area contributed by atoms with Crippen LogP contribution >= 0.6 is 0 Å². The summed E-state index contributed by atoms with van der Waals surface area (Å²) >= 11 is 0. The van der Waals surface area contributed by atoms with Crippen molar-refractivity contribution in [1.29, 1.82) is 10.5 Å². The predicted octanol–water partition coefficient (Wildman–Crippen LogP) is 7.28. The first-order valence-electron chi connectivity index (χ1n) is 12.0. The summed E-state index contributed by atoms with van der Waals surface area (Å²) in [6.07, 6.45) is 5.45. The van der Waals surface area contributed by atoms with Gasteiger partial charge in [-0.1, -0.05) is 37.6 Å². The molecule has 0 bridgehead atoms. The lowest BCUT2D eigenvalue weighted by atomic mass is 9.92. The Labute approximate surface area is 212 Å². The minimum absolute atomic E-state index is 0.488. The molecule has 0 radical (unpaired) electrons. The van der Waals surface area contributed by atoms with E-state index in [-0.39, 0.29) is 0 Å². The van der Waals surface area contributed by atoms with E-state index in [2.05, 4.69) is 61.7 Å². The van der Waals surface area contributed by atoms with Gasteiger partial charge in [0.1, 0.15) is 5.82 Å². The molecule has 2 N–H and O–H groups in total. The molecular formula is C30H28N6. The third kappa shape index (κ3) is 5.35. The molecule has 178 valence electrons. The second-order valence-corrected chi connectivity index (χ2v) is 8.68. The molecule has 1 aromatic heterocycles. The van der Waals surface area contributed by atoms with Crippen LogP contribution in [-0.2, 0) is 0 Å². The molecule has 0 fully saturated rings. The molecule has 6 heteroatoms. The largest absolute Gasteiger partial charge is 0.369 e. The van der Waals surface area contributed by atoms with E-state index in [0.29, 0.717) is 11.5 Å². The molecular weight excluding hydrogens is 444 g/mol. The maximum absolute atomic E-state index is 9.10. The van der Waals surface area contributed by atoms with E-state index in [1.165, 1.54) is 6.08 Å². The Morgan fingerprint density at radius 3 is 2.39 bits per heavy atom. The minimum Gasteiger partial charge on any atom is -0.369 e. The highest BCUT2D eigenvalue weighted by atomic mass is 15.1. The summed E-state index contributed by atoms with van der Waals surface area (Å²) in [6.45, 7) is 7.16. The van der Waals surface area contributed by atoms with Crippen molar-refractivity contribution in [3.05, 3.63) is 82.9 Å². The van der Waals surface area contributed by atoms with Gasteiger partial charge in [-0.15, -0.1) is 0 Å². The SMILES string of the molecule is CCCCNc1nc(Nc2ccc(C#N)cc2)nc2c(-c3c(C)cc(C=CC#N)cc3C)cccc12. The second-order valence-electron chi connectivity index (χ2n) is 8.68. The summed E-state index contributed by atoms with van der Waals surface area (Å²) in [5, 5.41) is 25.8. The van der Waals surface area contributed by atoms with Gasteiger partial charge in [0.2, 0.25) is 5.95 Å². The summed E-state index contributed by atoms with van der Waals surface area (Å²) in [6, 6.07) is 21.8. The number of unbranched alkanes of at least 4 members (excludes halogenated alkanes) is 1. The molecule has 0 aliphatic carbocycles. The van der Waals surface area contributed by atoms with Gasteiger partial charge >= 0.3 is 0 Å². The molecule has 0 aliphatic rings. The lowest BCUT2D eigenvalue weighted by Gasteiger charge is -2.17. The first-order chi connectivity index (χ1) is 17.5. The molecule has 6 nitrogen and oxygen atoms in total. The Morgan fingerprint density at radius 1 is 0.972 bits per heavy atom. The van der Waals surface area contributed by atoms with Crippen molar-refractivity contribution >= 4 is 34.4 Å². The van der Waals surface area contributed by atoms with Crippen LogP contribution in [0.3, 0.4) is 0 Å². The fourth-order valence-electron chi connectivity index (χ4n) is 4.34. The third-order valence-electron chi connectivity index (χ3n) is 5.99.